The molecule has 10 heteroatoms. The summed E-state index contributed by atoms with van der Waals surface area (Å²) in [5, 5.41) is 10.6. The van der Waals surface area contributed by atoms with Gasteiger partial charge < -0.3 is 9.26 Å². The molecule has 7 nitrogen and oxygen atoms in total. The highest BCUT2D eigenvalue weighted by Crippen LogP contribution is 2.34. The van der Waals surface area contributed by atoms with Crippen LogP contribution in [0.5, 0.6) is 5.75 Å². The lowest BCUT2D eigenvalue weighted by Gasteiger charge is -2.05. The van der Waals surface area contributed by atoms with Gasteiger partial charge in [-0.1, -0.05) is 22.5 Å². The van der Waals surface area contributed by atoms with Crippen molar-refractivity contribution in [1.82, 2.24) is 25.1 Å². The number of nitrogens with zero attached hydrogens (tertiary/aromatic N) is 5. The fraction of sp³-hybridized carbons (Fsp3) is 0.286. The number of methoxy groups -OCH3 is 1. The van der Waals surface area contributed by atoms with Gasteiger partial charge in [-0.05, 0) is 17.7 Å². The highest BCUT2D eigenvalue weighted by molar-refractivity contribution is 5.50. The van der Waals surface area contributed by atoms with Crippen LogP contribution in [0.2, 0.25) is 0 Å². The highest BCUT2D eigenvalue weighted by atomic mass is 19.4. The molecule has 0 amide bonds. The summed E-state index contributed by atoms with van der Waals surface area (Å²) in [6.45, 7) is 0. The summed E-state index contributed by atoms with van der Waals surface area (Å²) < 4.78 is 49.7. The molecule has 3 aromatic rings. The highest BCUT2D eigenvalue weighted by Gasteiger charge is 2.40. The van der Waals surface area contributed by atoms with Gasteiger partial charge in [-0.2, -0.15) is 18.2 Å². The van der Waals surface area contributed by atoms with Crippen LogP contribution in [0.1, 0.15) is 17.1 Å². The molecule has 0 saturated heterocycles. The second-order valence-corrected chi connectivity index (χ2v) is 4.95. The molecule has 3 rings (SSSR count). The van der Waals surface area contributed by atoms with Gasteiger partial charge >= 0.3 is 6.18 Å². The van der Waals surface area contributed by atoms with Crippen molar-refractivity contribution in [3.05, 3.63) is 41.3 Å². The van der Waals surface area contributed by atoms with Crippen molar-refractivity contribution in [2.45, 2.75) is 12.6 Å². The molecule has 0 unspecified atom stereocenters. The first kappa shape index (κ1) is 16.0. The third-order valence-corrected chi connectivity index (χ3v) is 3.29. The Balaban J connectivity index is 1.86. The molecule has 0 N–H and O–H groups in total. The second kappa shape index (κ2) is 5.95. The summed E-state index contributed by atoms with van der Waals surface area (Å²) in [6, 6.07) is 7.14. The van der Waals surface area contributed by atoms with Gasteiger partial charge in [0.05, 0.1) is 7.11 Å². The Kier molecular flexibility index (Phi) is 3.96. The fourth-order valence-electron chi connectivity index (χ4n) is 2.17. The molecule has 0 aliphatic rings. The minimum atomic E-state index is -4.63. The van der Waals surface area contributed by atoms with Gasteiger partial charge in [-0.25, -0.2) is 4.68 Å². The summed E-state index contributed by atoms with van der Waals surface area (Å²) in [4.78, 5) is 3.98. The van der Waals surface area contributed by atoms with Crippen molar-refractivity contribution in [2.24, 2.45) is 7.05 Å². The van der Waals surface area contributed by atoms with Crippen LogP contribution in [0.15, 0.2) is 28.8 Å². The average Bonchev–Trinajstić information content (AvgIpc) is 3.14. The van der Waals surface area contributed by atoms with E-state index in [-0.39, 0.29) is 11.7 Å². The Hall–Kier alpha value is -2.91. The molecule has 0 saturated carbocycles. The molecule has 0 aliphatic heterocycles. The second-order valence-electron chi connectivity index (χ2n) is 4.95. The number of aryl methyl sites for hydroxylation is 1. The van der Waals surface area contributed by atoms with E-state index in [1.807, 2.05) is 0 Å². The summed E-state index contributed by atoms with van der Waals surface area (Å²) in [5.74, 6) is 0.620. The first-order valence-corrected chi connectivity index (χ1v) is 6.81. The monoisotopic (exact) mass is 339 g/mol. The van der Waals surface area contributed by atoms with E-state index in [0.717, 1.165) is 12.6 Å². The summed E-state index contributed by atoms with van der Waals surface area (Å²) in [7, 11) is 2.70. The van der Waals surface area contributed by atoms with Crippen molar-refractivity contribution in [3.63, 3.8) is 0 Å². The van der Waals surface area contributed by atoms with Gasteiger partial charge in [-0.15, -0.1) is 5.10 Å². The predicted molar refractivity (Wildman–Crippen MR) is 75.1 cm³/mol. The topological polar surface area (TPSA) is 78.9 Å². The molecule has 2 aromatic heterocycles. The molecule has 0 radical (unpaired) electrons. The Bertz CT molecular complexity index is 839. The number of hydrogen-bond donors (Lipinski definition) is 0. The Labute approximate surface area is 134 Å². The van der Waals surface area contributed by atoms with E-state index in [2.05, 4.69) is 20.5 Å². The third kappa shape index (κ3) is 3.07. The van der Waals surface area contributed by atoms with Gasteiger partial charge in [0.25, 0.3) is 5.89 Å². The Morgan fingerprint density at radius 2 is 1.92 bits per heavy atom. The number of ether oxygens (including phenoxy) is 1. The molecule has 24 heavy (non-hydrogen) atoms. The number of hydrogen-bond acceptors (Lipinski definition) is 6. The summed E-state index contributed by atoms with van der Waals surface area (Å²) >= 11 is 0. The SMILES string of the molecule is COc1ccc(Cc2noc(-c3nnn(C)c3C(F)(F)F)n2)cc1. The minimum absolute atomic E-state index is 0.244. The first-order chi connectivity index (χ1) is 11.4. The van der Waals surface area contributed by atoms with Crippen LogP contribution in [0.4, 0.5) is 13.2 Å². The largest absolute Gasteiger partial charge is 0.497 e. The average molecular weight is 339 g/mol. The maximum atomic E-state index is 13.1. The molecule has 0 aliphatic carbocycles. The number of aromatic nitrogens is 5. The zero-order valence-corrected chi connectivity index (χ0v) is 12.7. The van der Waals surface area contributed by atoms with Crippen molar-refractivity contribution in [3.8, 4) is 17.3 Å². The van der Waals surface area contributed by atoms with Crippen LogP contribution in [-0.2, 0) is 19.6 Å². The smallest absolute Gasteiger partial charge is 0.435 e. The van der Waals surface area contributed by atoms with Crippen molar-refractivity contribution in [1.29, 1.82) is 0 Å². The van der Waals surface area contributed by atoms with Gasteiger partial charge in [0.1, 0.15) is 5.75 Å². The zero-order chi connectivity index (χ0) is 17.3. The van der Waals surface area contributed by atoms with Crippen LogP contribution in [0.25, 0.3) is 11.6 Å². The van der Waals surface area contributed by atoms with Crippen molar-refractivity contribution in [2.75, 3.05) is 7.11 Å². The number of rotatable bonds is 4. The van der Waals surface area contributed by atoms with Gasteiger partial charge in [0.2, 0.25) is 0 Å². The van der Waals surface area contributed by atoms with E-state index in [9.17, 15) is 13.2 Å². The molecule has 2 heterocycles. The van der Waals surface area contributed by atoms with Crippen LogP contribution in [0.3, 0.4) is 0 Å². The van der Waals surface area contributed by atoms with Crippen LogP contribution >= 0.6 is 0 Å². The van der Waals surface area contributed by atoms with Gasteiger partial charge in [0.15, 0.2) is 17.2 Å². The maximum absolute atomic E-state index is 13.1. The molecule has 0 fully saturated rings. The third-order valence-electron chi connectivity index (χ3n) is 3.29. The Morgan fingerprint density at radius 3 is 2.54 bits per heavy atom. The van der Waals surface area contributed by atoms with E-state index in [4.69, 9.17) is 9.26 Å². The van der Waals surface area contributed by atoms with E-state index in [1.165, 1.54) is 0 Å². The van der Waals surface area contributed by atoms with E-state index in [1.54, 1.807) is 31.4 Å². The molecule has 1 aromatic carbocycles. The van der Waals surface area contributed by atoms with Gasteiger partial charge in [0, 0.05) is 13.5 Å². The number of halogens is 3. The van der Waals surface area contributed by atoms with Gasteiger partial charge in [-0.3, -0.25) is 0 Å². The zero-order valence-electron chi connectivity index (χ0n) is 12.7. The standard InChI is InChI=1S/C14H12F3N5O2/c1-22-12(14(15,16)17)11(19-21-22)13-18-10(20-24-13)7-8-3-5-9(23-2)6-4-8/h3-6H,7H2,1-2H3. The van der Waals surface area contributed by atoms with Crippen molar-refractivity contribution < 1.29 is 22.4 Å². The van der Waals surface area contributed by atoms with Crippen molar-refractivity contribution >= 4 is 0 Å². The predicted octanol–water partition coefficient (Wildman–Crippen LogP) is 2.48. The maximum Gasteiger partial charge on any atom is 0.435 e. The van der Waals surface area contributed by atoms with Crippen LogP contribution in [-0.4, -0.2) is 32.2 Å². The van der Waals surface area contributed by atoms with E-state index in [0.29, 0.717) is 16.9 Å². The molecular formula is C14H12F3N5O2. The first-order valence-electron chi connectivity index (χ1n) is 6.81. The van der Waals surface area contributed by atoms with E-state index >= 15 is 0 Å². The summed E-state index contributed by atoms with van der Waals surface area (Å²) in [6.07, 6.45) is -4.33. The minimum Gasteiger partial charge on any atom is -0.497 e. The lowest BCUT2D eigenvalue weighted by atomic mass is 10.1. The molecule has 0 atom stereocenters. The summed E-state index contributed by atoms with van der Waals surface area (Å²) in [5.41, 5.74) is -0.668. The van der Waals surface area contributed by atoms with Crippen LogP contribution < -0.4 is 4.74 Å². The molecule has 0 bridgehead atoms. The normalized spacial score (nSPS) is 11.7. The van der Waals surface area contributed by atoms with Crippen LogP contribution in [0, 0.1) is 0 Å². The number of alkyl halides is 3. The Morgan fingerprint density at radius 1 is 1.21 bits per heavy atom. The fourth-order valence-corrected chi connectivity index (χ4v) is 2.17. The van der Waals surface area contributed by atoms with E-state index < -0.39 is 17.6 Å². The molecular weight excluding hydrogens is 327 g/mol. The molecule has 126 valence electrons. The quantitative estimate of drug-likeness (QED) is 0.727. The lowest BCUT2D eigenvalue weighted by molar-refractivity contribution is -0.143. The molecule has 0 spiro atoms. The lowest BCUT2D eigenvalue weighted by Crippen LogP contribution is -2.13. The number of benzene rings is 1.